The number of hydrogen-bond donors (Lipinski definition) is 1. The maximum absolute atomic E-state index is 12.0. The van der Waals surface area contributed by atoms with Gasteiger partial charge in [-0.15, -0.1) is 0 Å². The van der Waals surface area contributed by atoms with Gasteiger partial charge < -0.3 is 19.5 Å². The van der Waals surface area contributed by atoms with Crippen LogP contribution in [0.15, 0.2) is 42.5 Å². The fraction of sp³-hybridized carbons (Fsp3) is 0.176. The minimum atomic E-state index is -0.538. The molecule has 1 aliphatic heterocycles. The third-order valence-electron chi connectivity index (χ3n) is 3.32. The van der Waals surface area contributed by atoms with E-state index in [1.165, 1.54) is 0 Å². The van der Waals surface area contributed by atoms with Crippen molar-refractivity contribution >= 4 is 23.5 Å². The van der Waals surface area contributed by atoms with Gasteiger partial charge in [-0.1, -0.05) is 23.7 Å². The van der Waals surface area contributed by atoms with Crippen molar-refractivity contribution in [2.24, 2.45) is 0 Å². The molecule has 0 aromatic heterocycles. The quantitative estimate of drug-likeness (QED) is 0.841. The molecule has 0 saturated carbocycles. The average molecular weight is 348 g/mol. The highest BCUT2D eigenvalue weighted by Crippen LogP contribution is 2.32. The molecule has 0 atom stereocenters. The molecule has 0 radical (unpaired) electrons. The summed E-state index contributed by atoms with van der Waals surface area (Å²) in [5.41, 5.74) is 1.15. The van der Waals surface area contributed by atoms with E-state index >= 15 is 0 Å². The first kappa shape index (κ1) is 16.1. The van der Waals surface area contributed by atoms with E-state index in [1.807, 2.05) is 0 Å². The van der Waals surface area contributed by atoms with Crippen LogP contribution >= 0.6 is 11.6 Å². The fourth-order valence-electron chi connectivity index (χ4n) is 2.13. The lowest BCUT2D eigenvalue weighted by atomic mass is 10.2. The summed E-state index contributed by atoms with van der Waals surface area (Å²) < 4.78 is 15.5. The van der Waals surface area contributed by atoms with Gasteiger partial charge in [0.05, 0.1) is 0 Å². The van der Waals surface area contributed by atoms with Crippen molar-refractivity contribution in [3.05, 3.63) is 58.6 Å². The predicted octanol–water partition coefficient (Wildman–Crippen LogP) is 2.54. The van der Waals surface area contributed by atoms with Crippen molar-refractivity contribution < 1.29 is 23.8 Å². The molecular weight excluding hydrogens is 334 g/mol. The van der Waals surface area contributed by atoms with Gasteiger partial charge in [-0.25, -0.2) is 0 Å². The van der Waals surface area contributed by atoms with Crippen LogP contribution in [0.1, 0.15) is 15.9 Å². The first-order valence-corrected chi connectivity index (χ1v) is 7.57. The number of carbonyl (C=O) groups is 2. The van der Waals surface area contributed by atoms with Gasteiger partial charge >= 0.3 is 5.97 Å². The van der Waals surface area contributed by atoms with Crippen LogP contribution in [-0.4, -0.2) is 25.2 Å². The van der Waals surface area contributed by atoms with Crippen molar-refractivity contribution in [3.8, 4) is 11.5 Å². The molecule has 1 N–H and O–H groups in total. The number of rotatable bonds is 5. The second-order valence-corrected chi connectivity index (χ2v) is 5.48. The molecule has 0 fully saturated rings. The van der Waals surface area contributed by atoms with Crippen molar-refractivity contribution in [2.45, 2.75) is 6.61 Å². The van der Waals surface area contributed by atoms with Crippen LogP contribution < -0.4 is 14.8 Å². The number of nitrogens with one attached hydrogen (secondary N) is 1. The molecule has 1 aliphatic rings. The van der Waals surface area contributed by atoms with E-state index in [0.717, 1.165) is 5.56 Å². The van der Waals surface area contributed by atoms with Gasteiger partial charge in [0.2, 0.25) is 6.79 Å². The number of esters is 1. The number of benzene rings is 2. The van der Waals surface area contributed by atoms with Crippen LogP contribution in [0.25, 0.3) is 0 Å². The molecule has 124 valence electrons. The molecule has 1 amide bonds. The van der Waals surface area contributed by atoms with Crippen LogP contribution in [0.4, 0.5) is 0 Å². The van der Waals surface area contributed by atoms with E-state index in [1.54, 1.807) is 42.5 Å². The zero-order valence-electron chi connectivity index (χ0n) is 12.6. The van der Waals surface area contributed by atoms with Crippen molar-refractivity contribution in [1.82, 2.24) is 5.32 Å². The zero-order valence-corrected chi connectivity index (χ0v) is 13.3. The molecule has 7 heteroatoms. The highest BCUT2D eigenvalue weighted by molar-refractivity contribution is 6.30. The highest BCUT2D eigenvalue weighted by atomic mass is 35.5. The Labute approximate surface area is 143 Å². The molecule has 3 rings (SSSR count). The van der Waals surface area contributed by atoms with Crippen molar-refractivity contribution in [1.29, 1.82) is 0 Å². The summed E-state index contributed by atoms with van der Waals surface area (Å²) in [5.74, 6) is 0.163. The third-order valence-corrected chi connectivity index (χ3v) is 3.55. The van der Waals surface area contributed by atoms with Gasteiger partial charge in [0.15, 0.2) is 11.5 Å². The minimum Gasteiger partial charge on any atom is -0.460 e. The highest BCUT2D eigenvalue weighted by Gasteiger charge is 2.16. The van der Waals surface area contributed by atoms with Gasteiger partial charge in [0, 0.05) is 10.6 Å². The Balaban J connectivity index is 1.48. The molecule has 0 spiro atoms. The van der Waals surface area contributed by atoms with Crippen molar-refractivity contribution in [2.75, 3.05) is 13.3 Å². The van der Waals surface area contributed by atoms with E-state index in [-0.39, 0.29) is 19.9 Å². The average Bonchev–Trinajstić information content (AvgIpc) is 3.05. The Kier molecular flexibility index (Phi) is 4.86. The zero-order chi connectivity index (χ0) is 16.9. The molecule has 0 saturated heterocycles. The summed E-state index contributed by atoms with van der Waals surface area (Å²) in [7, 11) is 0. The first-order valence-electron chi connectivity index (χ1n) is 7.20. The van der Waals surface area contributed by atoms with E-state index in [4.69, 9.17) is 25.8 Å². The molecule has 24 heavy (non-hydrogen) atoms. The van der Waals surface area contributed by atoms with Gasteiger partial charge in [0.1, 0.15) is 13.2 Å². The molecule has 0 unspecified atom stereocenters. The lowest BCUT2D eigenvalue weighted by molar-refractivity contribution is -0.143. The first-order chi connectivity index (χ1) is 11.6. The van der Waals surface area contributed by atoms with E-state index in [9.17, 15) is 9.59 Å². The lowest BCUT2D eigenvalue weighted by Gasteiger charge is -2.07. The predicted molar refractivity (Wildman–Crippen MR) is 86.1 cm³/mol. The van der Waals surface area contributed by atoms with Gasteiger partial charge in [-0.3, -0.25) is 9.59 Å². The molecule has 0 bridgehead atoms. The number of fused-ring (bicyclic) bond motifs is 1. The molecule has 2 aromatic carbocycles. The largest absolute Gasteiger partial charge is 0.460 e. The normalized spacial score (nSPS) is 11.9. The van der Waals surface area contributed by atoms with Gasteiger partial charge in [0.25, 0.3) is 5.91 Å². The summed E-state index contributed by atoms with van der Waals surface area (Å²) in [6, 6.07) is 11.8. The maximum atomic E-state index is 12.0. The van der Waals surface area contributed by atoms with Gasteiger partial charge in [-0.2, -0.15) is 0 Å². The molecular formula is C17H14ClNO5. The number of hydrogen-bond acceptors (Lipinski definition) is 5. The Morgan fingerprint density at radius 1 is 1.12 bits per heavy atom. The lowest BCUT2D eigenvalue weighted by Crippen LogP contribution is -2.30. The Hall–Kier alpha value is -2.73. The molecule has 6 nitrogen and oxygen atoms in total. The SMILES string of the molecule is O=C(CNC(=O)c1ccc2c(c1)OCO2)OCc1cccc(Cl)c1. The number of ether oxygens (including phenoxy) is 3. The summed E-state index contributed by atoms with van der Waals surface area (Å²) in [4.78, 5) is 23.7. The van der Waals surface area contributed by atoms with Crippen LogP contribution in [0, 0.1) is 0 Å². The number of amides is 1. The van der Waals surface area contributed by atoms with Crippen LogP contribution in [0.3, 0.4) is 0 Å². The topological polar surface area (TPSA) is 73.9 Å². The number of carbonyl (C=O) groups excluding carboxylic acids is 2. The minimum absolute atomic E-state index is 0.0965. The summed E-state index contributed by atoms with van der Waals surface area (Å²) in [6.45, 7) is 0.00334. The third kappa shape index (κ3) is 3.97. The standard InChI is InChI=1S/C17H14ClNO5/c18-13-3-1-2-11(6-13)9-22-16(20)8-19-17(21)12-4-5-14-15(7-12)24-10-23-14/h1-7H,8-10H2,(H,19,21). The van der Waals surface area contributed by atoms with Crippen LogP contribution in [0.5, 0.6) is 11.5 Å². The molecule has 0 aliphatic carbocycles. The molecule has 2 aromatic rings. The van der Waals surface area contributed by atoms with E-state index in [0.29, 0.717) is 22.1 Å². The Morgan fingerprint density at radius 2 is 1.96 bits per heavy atom. The summed E-state index contributed by atoms with van der Waals surface area (Å²) >= 11 is 5.85. The summed E-state index contributed by atoms with van der Waals surface area (Å²) in [6.07, 6.45) is 0. The smallest absolute Gasteiger partial charge is 0.325 e. The van der Waals surface area contributed by atoms with E-state index < -0.39 is 11.9 Å². The molecule has 1 heterocycles. The summed E-state index contributed by atoms with van der Waals surface area (Å²) in [5, 5.41) is 3.07. The number of halogens is 1. The second kappa shape index (κ2) is 7.23. The maximum Gasteiger partial charge on any atom is 0.325 e. The van der Waals surface area contributed by atoms with Crippen molar-refractivity contribution in [3.63, 3.8) is 0 Å². The Bertz CT molecular complexity index is 777. The Morgan fingerprint density at radius 3 is 2.79 bits per heavy atom. The van der Waals surface area contributed by atoms with Gasteiger partial charge in [-0.05, 0) is 35.9 Å². The van der Waals surface area contributed by atoms with Crippen LogP contribution in [0.2, 0.25) is 5.02 Å². The fourth-order valence-corrected chi connectivity index (χ4v) is 2.35. The van der Waals surface area contributed by atoms with E-state index in [2.05, 4.69) is 5.32 Å². The monoisotopic (exact) mass is 347 g/mol. The second-order valence-electron chi connectivity index (χ2n) is 5.04. The van der Waals surface area contributed by atoms with Crippen LogP contribution in [-0.2, 0) is 16.1 Å².